The van der Waals surface area contributed by atoms with Gasteiger partial charge in [-0.25, -0.2) is 0 Å². The Bertz CT molecular complexity index is 9.61. The Morgan fingerprint density at radius 3 is 1.20 bits per heavy atom. The third kappa shape index (κ3) is 26.4. The first-order valence-corrected chi connectivity index (χ1v) is 1.39. The van der Waals surface area contributed by atoms with Gasteiger partial charge in [0.15, 0.2) is 0 Å². The molecule has 0 saturated heterocycles. The van der Waals surface area contributed by atoms with Crippen LogP contribution in [-0.2, 0) is 39.6 Å². The summed E-state index contributed by atoms with van der Waals surface area (Å²) in [6, 6.07) is 0. The van der Waals surface area contributed by atoms with Crippen LogP contribution in [0.25, 0.3) is 0 Å². The molecular formula is C2H5BrVW. The van der Waals surface area contributed by atoms with Gasteiger partial charge in [0.1, 0.15) is 0 Å². The molecule has 0 bridgehead atoms. The summed E-state index contributed by atoms with van der Waals surface area (Å²) in [4.78, 5) is 0. The van der Waals surface area contributed by atoms with Crippen LogP contribution in [0.5, 0.6) is 0 Å². The number of hydrogen-bond acceptors (Lipinski definition) is 0. The fourth-order valence-corrected chi connectivity index (χ4v) is 0. The molecule has 31 valence electrons. The molecule has 0 aromatic heterocycles. The summed E-state index contributed by atoms with van der Waals surface area (Å²) >= 11 is 2.69. The van der Waals surface area contributed by atoms with Crippen LogP contribution in [0, 0.1) is 13.3 Å². The second kappa shape index (κ2) is 42.3. The third-order valence-corrected chi connectivity index (χ3v) is 0. The second-order valence-electron chi connectivity index (χ2n) is 0. The van der Waals surface area contributed by atoms with Crippen molar-refractivity contribution in [2.24, 2.45) is 0 Å². The van der Waals surface area contributed by atoms with Gasteiger partial charge in [0.2, 0.25) is 0 Å². The molecule has 0 aromatic rings. The van der Waals surface area contributed by atoms with Crippen LogP contribution in [-0.4, -0.2) is 0 Å². The van der Waals surface area contributed by atoms with E-state index >= 15 is 0 Å². The van der Waals surface area contributed by atoms with Crippen molar-refractivity contribution in [2.45, 2.75) is 0 Å². The van der Waals surface area contributed by atoms with Crippen LogP contribution in [0.15, 0.2) is 0 Å². The molecule has 3 heteroatoms. The number of hydrogen-bond donors (Lipinski definition) is 0. The zero-order chi connectivity index (χ0) is 2.00. The molecule has 0 fully saturated rings. The fraction of sp³-hybridized carbons (Fsp3) is 0. The van der Waals surface area contributed by atoms with Crippen molar-refractivity contribution >= 4 is 15.9 Å². The SMILES string of the molecule is [CH2-]Br.[CH3-].[V+2].[W]. The van der Waals surface area contributed by atoms with Crippen molar-refractivity contribution in [3.8, 4) is 0 Å². The first-order chi connectivity index (χ1) is 1.00. The molecule has 0 unspecified atom stereocenters. The van der Waals surface area contributed by atoms with E-state index in [4.69, 9.17) is 0 Å². The average Bonchev–Trinajstić information content (AvgIpc) is 1.00. The third-order valence-electron chi connectivity index (χ3n) is 0. The molecule has 0 aliphatic carbocycles. The van der Waals surface area contributed by atoms with Crippen molar-refractivity contribution in [1.82, 2.24) is 0 Å². The van der Waals surface area contributed by atoms with E-state index in [-0.39, 0.29) is 47.0 Å². The predicted octanol–water partition coefficient (Wildman–Crippen LogP) is 1.62. The van der Waals surface area contributed by atoms with E-state index in [2.05, 4.69) is 21.8 Å². The van der Waals surface area contributed by atoms with E-state index in [0.29, 0.717) is 0 Å². The Morgan fingerprint density at radius 1 is 1.20 bits per heavy atom. The Balaban J connectivity index is -0.00000000167. The summed E-state index contributed by atoms with van der Waals surface area (Å²) in [7, 11) is 0. The quantitative estimate of drug-likeness (QED) is 0.586. The molecule has 1 radical (unpaired) electrons. The average molecular weight is 344 g/mol. The summed E-state index contributed by atoms with van der Waals surface area (Å²) in [6.07, 6.45) is 0. The van der Waals surface area contributed by atoms with Crippen molar-refractivity contribution in [3.63, 3.8) is 0 Å². The molecule has 0 saturated carbocycles. The van der Waals surface area contributed by atoms with Gasteiger partial charge in [0.05, 0.1) is 0 Å². The molecule has 5 heavy (non-hydrogen) atoms. The first kappa shape index (κ1) is 29.5. The van der Waals surface area contributed by atoms with Crippen LogP contribution < -0.4 is 0 Å². The fourth-order valence-electron chi connectivity index (χ4n) is 0. The minimum Gasteiger partial charge on any atom is -0.358 e. The first-order valence-electron chi connectivity index (χ1n) is 0.267. The summed E-state index contributed by atoms with van der Waals surface area (Å²) in [5, 5.41) is 0. The van der Waals surface area contributed by atoms with Crippen molar-refractivity contribution in [2.75, 3.05) is 0 Å². The summed E-state index contributed by atoms with van der Waals surface area (Å²) < 4.78 is 0. The summed E-state index contributed by atoms with van der Waals surface area (Å²) in [5.74, 6) is 3.06. The van der Waals surface area contributed by atoms with E-state index < -0.39 is 0 Å². The van der Waals surface area contributed by atoms with Gasteiger partial charge in [0.25, 0.3) is 0 Å². The van der Waals surface area contributed by atoms with E-state index in [1.165, 1.54) is 0 Å². The predicted molar refractivity (Wildman–Crippen MR) is 20.7 cm³/mol. The Morgan fingerprint density at radius 2 is 1.20 bits per heavy atom. The van der Waals surface area contributed by atoms with Gasteiger partial charge in [0, 0.05) is 21.1 Å². The molecule has 0 amide bonds. The van der Waals surface area contributed by atoms with Gasteiger partial charge in [-0.1, -0.05) is 0 Å². The zero-order valence-corrected chi connectivity index (χ0v) is 8.86. The molecule has 0 heterocycles. The van der Waals surface area contributed by atoms with Crippen LogP contribution in [0.4, 0.5) is 0 Å². The smallest absolute Gasteiger partial charge is 0.358 e. The van der Waals surface area contributed by atoms with Crippen LogP contribution >= 0.6 is 15.9 Å². The van der Waals surface area contributed by atoms with Crippen molar-refractivity contribution in [3.05, 3.63) is 13.3 Å². The van der Waals surface area contributed by atoms with E-state index in [0.717, 1.165) is 0 Å². The molecule has 0 atom stereocenters. The largest absolute Gasteiger partial charge is 2.00 e. The van der Waals surface area contributed by atoms with Crippen LogP contribution in [0.3, 0.4) is 0 Å². The summed E-state index contributed by atoms with van der Waals surface area (Å²) in [6.45, 7) is 0. The molecule has 0 nitrogen and oxygen atoms in total. The Hall–Kier alpha value is 1.75. The van der Waals surface area contributed by atoms with Gasteiger partial charge in [-0.15, -0.1) is 0 Å². The van der Waals surface area contributed by atoms with Gasteiger partial charge in [-0.2, -0.15) is 0 Å². The zero-order valence-electron chi connectivity index (χ0n) is 2.94. The Labute approximate surface area is 68.4 Å². The monoisotopic (exact) mass is 343 g/mol. The van der Waals surface area contributed by atoms with E-state index in [1.54, 1.807) is 0 Å². The standard InChI is InChI=1S/CH2Br.CH3.V.W/c1-2;;;/h1H2;1H3;;/q2*-1;+2;. The second-order valence-corrected chi connectivity index (χ2v) is 0. The van der Waals surface area contributed by atoms with Gasteiger partial charge in [-0.05, 0) is 0 Å². The molecular weight excluding hydrogens is 339 g/mol. The normalized spacial score (nSPS) is 1.20. The number of rotatable bonds is 0. The maximum Gasteiger partial charge on any atom is 2.00 e. The van der Waals surface area contributed by atoms with Crippen molar-refractivity contribution < 1.29 is 39.6 Å². The minimum atomic E-state index is 0. The topological polar surface area (TPSA) is 0 Å². The van der Waals surface area contributed by atoms with Gasteiger partial charge in [-0.3, -0.25) is 5.83 Å². The molecule has 0 spiro atoms. The van der Waals surface area contributed by atoms with Gasteiger partial charge >= 0.3 is 18.6 Å². The summed E-state index contributed by atoms with van der Waals surface area (Å²) in [5.41, 5.74) is 0. The van der Waals surface area contributed by atoms with E-state index in [9.17, 15) is 0 Å². The maximum atomic E-state index is 3.06. The Kier molecular flexibility index (Phi) is 249. The molecule has 0 rings (SSSR count). The molecule has 0 aromatic carbocycles. The van der Waals surface area contributed by atoms with E-state index in [1.807, 2.05) is 0 Å². The molecule has 0 N–H and O–H groups in total. The maximum absolute atomic E-state index is 3.06. The minimum absolute atomic E-state index is 0. The number of halogens is 1. The van der Waals surface area contributed by atoms with Crippen LogP contribution in [0.1, 0.15) is 0 Å². The molecule has 0 aliphatic rings. The molecule has 0 aliphatic heterocycles. The van der Waals surface area contributed by atoms with Crippen LogP contribution in [0.2, 0.25) is 0 Å². The van der Waals surface area contributed by atoms with Gasteiger partial charge < -0.3 is 23.4 Å². The van der Waals surface area contributed by atoms with Crippen molar-refractivity contribution in [1.29, 1.82) is 0 Å².